The lowest BCUT2D eigenvalue weighted by Crippen LogP contribution is -2.30. The van der Waals surface area contributed by atoms with Gasteiger partial charge < -0.3 is 19.7 Å². The molecule has 1 aromatic carbocycles. The second-order valence-electron chi connectivity index (χ2n) is 5.95. The Bertz CT molecular complexity index is 742. The van der Waals surface area contributed by atoms with Crippen molar-refractivity contribution in [2.24, 2.45) is 0 Å². The largest absolute Gasteiger partial charge is 0.497 e. The zero-order valence-corrected chi connectivity index (χ0v) is 14.6. The minimum absolute atomic E-state index is 0.262. The molecule has 0 radical (unpaired) electrons. The van der Waals surface area contributed by atoms with Crippen LogP contribution in [0.15, 0.2) is 36.4 Å². The van der Waals surface area contributed by atoms with E-state index in [0.29, 0.717) is 22.9 Å². The fourth-order valence-electron chi connectivity index (χ4n) is 2.94. The lowest BCUT2D eigenvalue weighted by atomic mass is 10.1. The summed E-state index contributed by atoms with van der Waals surface area (Å²) in [4.78, 5) is 19.4. The molecule has 1 fully saturated rings. The Morgan fingerprint density at radius 2 is 1.88 bits per heavy atom. The lowest BCUT2D eigenvalue weighted by Gasteiger charge is -2.27. The van der Waals surface area contributed by atoms with Gasteiger partial charge in [-0.3, -0.25) is 4.79 Å². The van der Waals surface area contributed by atoms with E-state index < -0.39 is 0 Å². The maximum atomic E-state index is 12.6. The number of hydrogen-bond donors (Lipinski definition) is 1. The number of aromatic nitrogens is 1. The second-order valence-corrected chi connectivity index (χ2v) is 5.95. The lowest BCUT2D eigenvalue weighted by molar-refractivity contribution is 0.102. The van der Waals surface area contributed by atoms with Gasteiger partial charge in [-0.05, 0) is 43.5 Å². The average Bonchev–Trinajstić information content (AvgIpc) is 2.69. The van der Waals surface area contributed by atoms with E-state index >= 15 is 0 Å². The number of rotatable bonds is 5. The first-order valence-corrected chi connectivity index (χ1v) is 8.46. The molecule has 1 aromatic heterocycles. The van der Waals surface area contributed by atoms with Crippen molar-refractivity contribution in [3.63, 3.8) is 0 Å². The van der Waals surface area contributed by atoms with Gasteiger partial charge in [0, 0.05) is 19.2 Å². The molecule has 1 amide bonds. The predicted molar refractivity (Wildman–Crippen MR) is 97.8 cm³/mol. The van der Waals surface area contributed by atoms with Crippen molar-refractivity contribution in [2.45, 2.75) is 19.3 Å². The first kappa shape index (κ1) is 17.1. The standard InChI is InChI=1S/C19H23N3O3/c1-24-14-9-10-15(17(13-14)25-2)21-19(23)16-7-6-8-18(20-16)22-11-4-3-5-12-22/h6-10,13H,3-5,11-12H2,1-2H3,(H,21,23). The molecule has 2 aromatic rings. The van der Waals surface area contributed by atoms with Crippen LogP contribution in [0, 0.1) is 0 Å². The van der Waals surface area contributed by atoms with Crippen LogP contribution in [-0.4, -0.2) is 38.2 Å². The van der Waals surface area contributed by atoms with Crippen molar-refractivity contribution in [3.05, 3.63) is 42.1 Å². The molecule has 1 N–H and O–H groups in total. The Labute approximate surface area is 147 Å². The molecule has 25 heavy (non-hydrogen) atoms. The zero-order chi connectivity index (χ0) is 17.6. The van der Waals surface area contributed by atoms with E-state index in [1.807, 2.05) is 12.1 Å². The van der Waals surface area contributed by atoms with Crippen molar-refractivity contribution >= 4 is 17.4 Å². The van der Waals surface area contributed by atoms with Gasteiger partial charge in [0.25, 0.3) is 5.91 Å². The maximum Gasteiger partial charge on any atom is 0.274 e. The van der Waals surface area contributed by atoms with Crippen LogP contribution in [0.3, 0.4) is 0 Å². The molecule has 1 aliphatic heterocycles. The van der Waals surface area contributed by atoms with Crippen LogP contribution in [0.5, 0.6) is 11.5 Å². The van der Waals surface area contributed by atoms with E-state index in [0.717, 1.165) is 18.9 Å². The van der Waals surface area contributed by atoms with Gasteiger partial charge in [0.05, 0.1) is 19.9 Å². The molecule has 0 atom stereocenters. The summed E-state index contributed by atoms with van der Waals surface area (Å²) in [6.45, 7) is 1.98. The number of benzene rings is 1. The number of amides is 1. The molecular weight excluding hydrogens is 318 g/mol. The molecule has 1 aliphatic rings. The topological polar surface area (TPSA) is 63.7 Å². The highest BCUT2D eigenvalue weighted by molar-refractivity contribution is 6.04. The number of nitrogens with one attached hydrogen (secondary N) is 1. The Morgan fingerprint density at radius 1 is 1.08 bits per heavy atom. The smallest absolute Gasteiger partial charge is 0.274 e. The molecule has 0 bridgehead atoms. The summed E-state index contributed by atoms with van der Waals surface area (Å²) >= 11 is 0. The first-order chi connectivity index (χ1) is 12.2. The molecule has 1 saturated heterocycles. The van der Waals surface area contributed by atoms with Gasteiger partial charge in [0.1, 0.15) is 23.0 Å². The minimum atomic E-state index is -0.262. The molecule has 6 heteroatoms. The Balaban J connectivity index is 1.77. The van der Waals surface area contributed by atoms with Crippen LogP contribution in [0.25, 0.3) is 0 Å². The molecule has 0 unspecified atom stereocenters. The van der Waals surface area contributed by atoms with Gasteiger partial charge in [-0.15, -0.1) is 0 Å². The molecule has 6 nitrogen and oxygen atoms in total. The van der Waals surface area contributed by atoms with Crippen molar-refractivity contribution in [3.8, 4) is 11.5 Å². The molecular formula is C19H23N3O3. The van der Waals surface area contributed by atoms with Gasteiger partial charge >= 0.3 is 0 Å². The molecule has 0 saturated carbocycles. The summed E-state index contributed by atoms with van der Waals surface area (Å²) in [5.41, 5.74) is 0.972. The SMILES string of the molecule is COc1ccc(NC(=O)c2cccc(N3CCCCC3)n2)c(OC)c1. The van der Waals surface area contributed by atoms with E-state index in [9.17, 15) is 4.79 Å². The van der Waals surface area contributed by atoms with E-state index in [1.165, 1.54) is 19.3 Å². The summed E-state index contributed by atoms with van der Waals surface area (Å²) in [7, 11) is 3.14. The van der Waals surface area contributed by atoms with Crippen LogP contribution < -0.4 is 19.7 Å². The molecule has 0 aliphatic carbocycles. The highest BCUT2D eigenvalue weighted by Crippen LogP contribution is 2.29. The van der Waals surface area contributed by atoms with Crippen LogP contribution >= 0.6 is 0 Å². The third-order valence-electron chi connectivity index (χ3n) is 4.30. The number of carbonyl (C=O) groups is 1. The number of nitrogens with zero attached hydrogens (tertiary/aromatic N) is 2. The highest BCUT2D eigenvalue weighted by Gasteiger charge is 2.16. The van der Waals surface area contributed by atoms with E-state index in [2.05, 4.69) is 15.2 Å². The van der Waals surface area contributed by atoms with Crippen molar-refractivity contribution in [2.75, 3.05) is 37.5 Å². The van der Waals surface area contributed by atoms with E-state index in [1.54, 1.807) is 38.5 Å². The van der Waals surface area contributed by atoms with Crippen molar-refractivity contribution < 1.29 is 14.3 Å². The number of piperidine rings is 1. The molecule has 3 rings (SSSR count). The Hall–Kier alpha value is -2.76. The third-order valence-corrected chi connectivity index (χ3v) is 4.30. The summed E-state index contributed by atoms with van der Waals surface area (Å²) < 4.78 is 10.5. The van der Waals surface area contributed by atoms with Gasteiger partial charge in [0.2, 0.25) is 0 Å². The van der Waals surface area contributed by atoms with E-state index in [-0.39, 0.29) is 5.91 Å². The molecule has 2 heterocycles. The second kappa shape index (κ2) is 7.88. The summed E-state index contributed by atoms with van der Waals surface area (Å²) in [5, 5.41) is 2.86. The normalized spacial score (nSPS) is 14.1. The number of ether oxygens (including phenoxy) is 2. The van der Waals surface area contributed by atoms with Crippen LogP contribution in [0.1, 0.15) is 29.8 Å². The Morgan fingerprint density at radius 3 is 2.60 bits per heavy atom. The van der Waals surface area contributed by atoms with Gasteiger partial charge in [-0.1, -0.05) is 6.07 Å². The Kier molecular flexibility index (Phi) is 5.38. The fraction of sp³-hybridized carbons (Fsp3) is 0.368. The summed E-state index contributed by atoms with van der Waals surface area (Å²) in [5.74, 6) is 1.80. The van der Waals surface area contributed by atoms with E-state index in [4.69, 9.17) is 9.47 Å². The predicted octanol–water partition coefficient (Wildman–Crippen LogP) is 3.34. The fourth-order valence-corrected chi connectivity index (χ4v) is 2.94. The van der Waals surface area contributed by atoms with Crippen LogP contribution in [-0.2, 0) is 0 Å². The highest BCUT2D eigenvalue weighted by atomic mass is 16.5. The van der Waals surface area contributed by atoms with Crippen molar-refractivity contribution in [1.29, 1.82) is 0 Å². The molecule has 132 valence electrons. The quantitative estimate of drug-likeness (QED) is 0.904. The minimum Gasteiger partial charge on any atom is -0.497 e. The molecule has 0 spiro atoms. The van der Waals surface area contributed by atoms with Gasteiger partial charge in [-0.2, -0.15) is 0 Å². The number of hydrogen-bond acceptors (Lipinski definition) is 5. The third kappa shape index (κ3) is 4.02. The summed E-state index contributed by atoms with van der Waals surface area (Å²) in [6, 6.07) is 10.8. The number of carbonyl (C=O) groups excluding carboxylic acids is 1. The van der Waals surface area contributed by atoms with Gasteiger partial charge in [0.15, 0.2) is 0 Å². The average molecular weight is 341 g/mol. The summed E-state index contributed by atoms with van der Waals surface area (Å²) in [6.07, 6.45) is 3.59. The zero-order valence-electron chi connectivity index (χ0n) is 14.6. The van der Waals surface area contributed by atoms with Crippen LogP contribution in [0.2, 0.25) is 0 Å². The first-order valence-electron chi connectivity index (χ1n) is 8.46. The van der Waals surface area contributed by atoms with Crippen LogP contribution in [0.4, 0.5) is 11.5 Å². The number of pyridine rings is 1. The van der Waals surface area contributed by atoms with Gasteiger partial charge in [-0.25, -0.2) is 4.98 Å². The monoisotopic (exact) mass is 341 g/mol. The maximum absolute atomic E-state index is 12.6. The number of methoxy groups -OCH3 is 2. The number of anilines is 2. The van der Waals surface area contributed by atoms with Crippen molar-refractivity contribution in [1.82, 2.24) is 4.98 Å².